The minimum Gasteiger partial charge on any atom is -0.373 e. The number of anilines is 4. The molecule has 1 aliphatic rings. The van der Waals surface area contributed by atoms with Gasteiger partial charge in [-0.15, -0.1) is 0 Å². The molecule has 0 saturated carbocycles. The number of carbonyl (C=O) groups excluding carboxylic acids is 1. The number of rotatable bonds is 7. The second-order valence-electron chi connectivity index (χ2n) is 8.26. The zero-order valence-electron chi connectivity index (χ0n) is 19.3. The summed E-state index contributed by atoms with van der Waals surface area (Å²) < 4.78 is 45.7. The molecule has 1 aliphatic heterocycles. The predicted octanol–water partition coefficient (Wildman–Crippen LogP) is 4.48. The molecule has 0 radical (unpaired) electrons. The summed E-state index contributed by atoms with van der Waals surface area (Å²) in [5, 5.41) is 5.96. The SMILES string of the molecule is CC(=O)Nc1cccc(Nc2ncnc(N3CCC(OCc4cc(F)c(F)c(F)c4)CC3)n2)c1C. The van der Waals surface area contributed by atoms with E-state index in [-0.39, 0.29) is 24.2 Å². The summed E-state index contributed by atoms with van der Waals surface area (Å²) in [5.74, 6) is -3.21. The number of nitrogens with zero attached hydrogens (tertiary/aromatic N) is 4. The summed E-state index contributed by atoms with van der Waals surface area (Å²) in [6.45, 7) is 4.58. The highest BCUT2D eigenvalue weighted by Gasteiger charge is 2.22. The van der Waals surface area contributed by atoms with Crippen LogP contribution in [0.3, 0.4) is 0 Å². The van der Waals surface area contributed by atoms with Gasteiger partial charge in [-0.3, -0.25) is 4.79 Å². The van der Waals surface area contributed by atoms with Crippen LogP contribution in [0.1, 0.15) is 30.9 Å². The van der Waals surface area contributed by atoms with Gasteiger partial charge in [0, 0.05) is 31.4 Å². The Labute approximate surface area is 200 Å². The number of benzene rings is 2. The van der Waals surface area contributed by atoms with Gasteiger partial charge in [0.2, 0.25) is 17.8 Å². The van der Waals surface area contributed by atoms with E-state index in [1.54, 1.807) is 0 Å². The van der Waals surface area contributed by atoms with E-state index >= 15 is 0 Å². The third-order valence-corrected chi connectivity index (χ3v) is 5.70. The van der Waals surface area contributed by atoms with E-state index in [2.05, 4.69) is 25.6 Å². The van der Waals surface area contributed by atoms with Crippen molar-refractivity contribution in [3.8, 4) is 0 Å². The first-order chi connectivity index (χ1) is 16.8. The third-order valence-electron chi connectivity index (χ3n) is 5.70. The van der Waals surface area contributed by atoms with Crippen LogP contribution >= 0.6 is 0 Å². The molecule has 0 spiro atoms. The van der Waals surface area contributed by atoms with Crippen molar-refractivity contribution in [1.82, 2.24) is 15.0 Å². The average molecular weight is 486 g/mol. The molecule has 1 aromatic heterocycles. The summed E-state index contributed by atoms with van der Waals surface area (Å²) in [4.78, 5) is 26.4. The van der Waals surface area contributed by atoms with E-state index in [1.165, 1.54) is 13.3 Å². The third kappa shape index (κ3) is 6.04. The number of aromatic nitrogens is 3. The Morgan fingerprint density at radius 2 is 1.80 bits per heavy atom. The highest BCUT2D eigenvalue weighted by molar-refractivity contribution is 5.90. The van der Waals surface area contributed by atoms with E-state index in [1.807, 2.05) is 30.0 Å². The quantitative estimate of drug-likeness (QED) is 0.476. The van der Waals surface area contributed by atoms with Gasteiger partial charge < -0.3 is 20.3 Å². The predicted molar refractivity (Wildman–Crippen MR) is 125 cm³/mol. The van der Waals surface area contributed by atoms with Crippen molar-refractivity contribution in [1.29, 1.82) is 0 Å². The summed E-state index contributed by atoms with van der Waals surface area (Å²) in [5.41, 5.74) is 2.55. The zero-order chi connectivity index (χ0) is 24.9. The molecule has 0 aliphatic carbocycles. The summed E-state index contributed by atoms with van der Waals surface area (Å²) in [6, 6.07) is 7.39. The monoisotopic (exact) mass is 486 g/mol. The largest absolute Gasteiger partial charge is 0.373 e. The fraction of sp³-hybridized carbons (Fsp3) is 0.333. The van der Waals surface area contributed by atoms with Gasteiger partial charge in [-0.1, -0.05) is 6.07 Å². The maximum atomic E-state index is 13.4. The summed E-state index contributed by atoms with van der Waals surface area (Å²) in [7, 11) is 0. The van der Waals surface area contributed by atoms with Gasteiger partial charge in [0.05, 0.1) is 12.7 Å². The van der Waals surface area contributed by atoms with E-state index in [0.717, 1.165) is 23.4 Å². The van der Waals surface area contributed by atoms with Crippen molar-refractivity contribution < 1.29 is 22.7 Å². The van der Waals surface area contributed by atoms with Crippen LogP contribution in [0.15, 0.2) is 36.7 Å². The van der Waals surface area contributed by atoms with E-state index in [9.17, 15) is 18.0 Å². The van der Waals surface area contributed by atoms with Crippen molar-refractivity contribution in [3.63, 3.8) is 0 Å². The summed E-state index contributed by atoms with van der Waals surface area (Å²) >= 11 is 0. The number of carbonyl (C=O) groups is 1. The highest BCUT2D eigenvalue weighted by atomic mass is 19.2. The first-order valence-electron chi connectivity index (χ1n) is 11.1. The van der Waals surface area contributed by atoms with Crippen LogP contribution in [0.25, 0.3) is 0 Å². The van der Waals surface area contributed by atoms with E-state index in [0.29, 0.717) is 43.5 Å². The topological polar surface area (TPSA) is 92.3 Å². The summed E-state index contributed by atoms with van der Waals surface area (Å²) in [6.07, 6.45) is 2.65. The maximum absolute atomic E-state index is 13.4. The van der Waals surface area contributed by atoms with Crippen LogP contribution in [-0.2, 0) is 16.1 Å². The lowest BCUT2D eigenvalue weighted by molar-refractivity contribution is -0.114. The minimum atomic E-state index is -1.48. The molecular formula is C24H25F3N6O2. The number of piperidine rings is 1. The molecule has 4 rings (SSSR count). The smallest absolute Gasteiger partial charge is 0.232 e. The maximum Gasteiger partial charge on any atom is 0.232 e. The molecular weight excluding hydrogens is 461 g/mol. The number of hydrogen-bond acceptors (Lipinski definition) is 7. The van der Waals surface area contributed by atoms with Crippen LogP contribution in [0.5, 0.6) is 0 Å². The van der Waals surface area contributed by atoms with Gasteiger partial charge in [0.25, 0.3) is 0 Å². The zero-order valence-corrected chi connectivity index (χ0v) is 19.3. The molecule has 0 unspecified atom stereocenters. The molecule has 1 fully saturated rings. The second kappa shape index (κ2) is 10.7. The van der Waals surface area contributed by atoms with Crippen LogP contribution in [0.2, 0.25) is 0 Å². The number of nitrogens with one attached hydrogen (secondary N) is 2. The molecule has 3 aromatic rings. The Morgan fingerprint density at radius 3 is 2.49 bits per heavy atom. The van der Waals surface area contributed by atoms with Gasteiger partial charge in [0.15, 0.2) is 17.5 Å². The Hall–Kier alpha value is -3.73. The minimum absolute atomic E-state index is 0.00445. The van der Waals surface area contributed by atoms with Crippen molar-refractivity contribution in [2.24, 2.45) is 0 Å². The fourth-order valence-corrected chi connectivity index (χ4v) is 3.84. The van der Waals surface area contributed by atoms with E-state index in [4.69, 9.17) is 4.74 Å². The molecule has 11 heteroatoms. The Kier molecular flexibility index (Phi) is 7.45. The molecule has 0 bridgehead atoms. The number of amides is 1. The van der Waals surface area contributed by atoms with Crippen LogP contribution in [0, 0.1) is 24.4 Å². The first kappa shape index (κ1) is 24.4. The molecule has 2 aromatic carbocycles. The van der Waals surface area contributed by atoms with Gasteiger partial charge in [-0.25, -0.2) is 23.1 Å². The Balaban J connectivity index is 1.34. The fourth-order valence-electron chi connectivity index (χ4n) is 3.84. The van der Waals surface area contributed by atoms with E-state index < -0.39 is 17.5 Å². The molecule has 0 atom stereocenters. The van der Waals surface area contributed by atoms with Crippen molar-refractivity contribution in [2.45, 2.75) is 39.4 Å². The lowest BCUT2D eigenvalue weighted by Gasteiger charge is -2.32. The molecule has 35 heavy (non-hydrogen) atoms. The highest BCUT2D eigenvalue weighted by Crippen LogP contribution is 2.26. The molecule has 2 N–H and O–H groups in total. The van der Waals surface area contributed by atoms with Gasteiger partial charge >= 0.3 is 0 Å². The van der Waals surface area contributed by atoms with Gasteiger partial charge in [-0.05, 0) is 55.2 Å². The standard InChI is InChI=1S/C24H25F3N6O2/c1-14-20(30-15(2)34)4-3-5-21(14)31-23-28-13-29-24(32-23)33-8-6-17(7-9-33)35-12-16-10-18(25)22(27)19(26)11-16/h3-5,10-11,13,17H,6-9,12H2,1-2H3,(H,30,34)(H,28,29,31,32). The number of hydrogen-bond donors (Lipinski definition) is 2. The molecule has 2 heterocycles. The Morgan fingerprint density at radius 1 is 1.11 bits per heavy atom. The lowest BCUT2D eigenvalue weighted by Crippen LogP contribution is -2.38. The number of ether oxygens (including phenoxy) is 1. The van der Waals surface area contributed by atoms with Crippen molar-refractivity contribution in [2.75, 3.05) is 28.6 Å². The molecule has 184 valence electrons. The second-order valence-corrected chi connectivity index (χ2v) is 8.26. The first-order valence-corrected chi connectivity index (χ1v) is 11.1. The van der Waals surface area contributed by atoms with Gasteiger partial charge in [0.1, 0.15) is 6.33 Å². The average Bonchev–Trinajstić information content (AvgIpc) is 2.84. The van der Waals surface area contributed by atoms with Gasteiger partial charge in [-0.2, -0.15) is 4.98 Å². The molecule has 8 nitrogen and oxygen atoms in total. The van der Waals surface area contributed by atoms with Crippen LogP contribution < -0.4 is 15.5 Å². The van der Waals surface area contributed by atoms with Crippen molar-refractivity contribution in [3.05, 3.63) is 65.2 Å². The normalized spacial score (nSPS) is 14.1. The van der Waals surface area contributed by atoms with Crippen LogP contribution in [0.4, 0.5) is 36.4 Å². The Bertz CT molecular complexity index is 1190. The molecule has 1 amide bonds. The number of halogens is 3. The van der Waals surface area contributed by atoms with Crippen molar-refractivity contribution >= 4 is 29.2 Å². The molecule has 1 saturated heterocycles. The van der Waals surface area contributed by atoms with Crippen LogP contribution in [-0.4, -0.2) is 40.1 Å². The lowest BCUT2D eigenvalue weighted by atomic mass is 10.1.